The Morgan fingerprint density at radius 2 is 2.35 bits per heavy atom. The summed E-state index contributed by atoms with van der Waals surface area (Å²) in [5, 5.41) is 10.8. The summed E-state index contributed by atoms with van der Waals surface area (Å²) < 4.78 is 4.55. The van der Waals surface area contributed by atoms with Crippen molar-refractivity contribution in [3.8, 4) is 0 Å². The van der Waals surface area contributed by atoms with E-state index in [1.54, 1.807) is 0 Å². The van der Waals surface area contributed by atoms with Gasteiger partial charge < -0.3 is 14.8 Å². The van der Waals surface area contributed by atoms with Gasteiger partial charge in [-0.2, -0.15) is 11.8 Å². The number of aliphatic hydroxyl groups excluding tert-OH is 1. The lowest BCUT2D eigenvalue weighted by molar-refractivity contribution is -0.140. The molecule has 1 aromatic carbocycles. The quantitative estimate of drug-likeness (QED) is 0.633. The number of benzene rings is 1. The van der Waals surface area contributed by atoms with E-state index >= 15 is 0 Å². The van der Waals surface area contributed by atoms with Gasteiger partial charge in [0.05, 0.1) is 30.3 Å². The summed E-state index contributed by atoms with van der Waals surface area (Å²) in [6, 6.07) is 5.50. The average Bonchev–Trinajstić information content (AvgIpc) is 2.81. The SMILES string of the molecule is C=c1nc2cc/c(=C(/O)CSCCC(=O)OC)cc2[nH]1. The van der Waals surface area contributed by atoms with Crippen LogP contribution in [0.2, 0.25) is 0 Å². The zero-order chi connectivity index (χ0) is 14.5. The third-order valence-electron chi connectivity index (χ3n) is 2.78. The molecule has 0 amide bonds. The first-order chi connectivity index (χ1) is 9.60. The Kier molecular flexibility index (Phi) is 4.68. The maximum absolute atomic E-state index is 11.0. The maximum Gasteiger partial charge on any atom is 0.306 e. The summed E-state index contributed by atoms with van der Waals surface area (Å²) in [6.07, 6.45) is 0.346. The second kappa shape index (κ2) is 6.47. The monoisotopic (exact) mass is 292 g/mol. The third-order valence-corrected chi connectivity index (χ3v) is 3.75. The number of aromatic amines is 1. The van der Waals surface area contributed by atoms with Crippen LogP contribution in [0.5, 0.6) is 0 Å². The molecule has 1 heterocycles. The van der Waals surface area contributed by atoms with Gasteiger partial charge in [-0.25, -0.2) is 4.98 Å². The number of thioether (sulfide) groups is 1. The summed E-state index contributed by atoms with van der Waals surface area (Å²) in [4.78, 5) is 18.2. The molecule has 1 aromatic heterocycles. The molecule has 0 spiro atoms. The molecule has 0 bridgehead atoms. The lowest BCUT2D eigenvalue weighted by atomic mass is 10.2. The number of carbonyl (C=O) groups excluding carboxylic acids is 1. The highest BCUT2D eigenvalue weighted by Gasteiger charge is 2.02. The molecule has 0 atom stereocenters. The minimum absolute atomic E-state index is 0.237. The van der Waals surface area contributed by atoms with E-state index in [2.05, 4.69) is 21.3 Å². The first kappa shape index (κ1) is 14.5. The Balaban J connectivity index is 2.05. The van der Waals surface area contributed by atoms with Crippen molar-refractivity contribution in [2.75, 3.05) is 18.6 Å². The van der Waals surface area contributed by atoms with Gasteiger partial charge in [-0.15, -0.1) is 0 Å². The molecule has 0 saturated heterocycles. The minimum atomic E-state index is -0.237. The van der Waals surface area contributed by atoms with Crippen LogP contribution in [0.3, 0.4) is 0 Å². The van der Waals surface area contributed by atoms with Gasteiger partial charge in [-0.05, 0) is 18.2 Å². The normalized spacial score (nSPS) is 12.4. The topological polar surface area (TPSA) is 75.2 Å². The van der Waals surface area contributed by atoms with Gasteiger partial charge in [0.2, 0.25) is 0 Å². The number of esters is 1. The Bertz CT molecular complexity index is 724. The molecule has 0 radical (unpaired) electrons. The van der Waals surface area contributed by atoms with Crippen molar-refractivity contribution >= 4 is 41.1 Å². The van der Waals surface area contributed by atoms with Crippen molar-refractivity contribution in [3.63, 3.8) is 0 Å². The Hall–Kier alpha value is -1.95. The van der Waals surface area contributed by atoms with E-state index in [-0.39, 0.29) is 11.7 Å². The van der Waals surface area contributed by atoms with Gasteiger partial charge in [0, 0.05) is 11.0 Å². The zero-order valence-electron chi connectivity index (χ0n) is 11.2. The molecular formula is C14H16N2O3S. The molecule has 0 saturated carbocycles. The maximum atomic E-state index is 11.0. The van der Waals surface area contributed by atoms with Crippen LogP contribution in [0.25, 0.3) is 23.4 Å². The van der Waals surface area contributed by atoms with Crippen molar-refractivity contribution in [1.82, 2.24) is 9.97 Å². The van der Waals surface area contributed by atoms with Crippen LogP contribution >= 0.6 is 11.8 Å². The molecule has 0 aliphatic heterocycles. The fourth-order valence-corrected chi connectivity index (χ4v) is 2.57. The van der Waals surface area contributed by atoms with Crippen LogP contribution in [0.15, 0.2) is 18.2 Å². The highest BCUT2D eigenvalue weighted by Crippen LogP contribution is 2.08. The van der Waals surface area contributed by atoms with E-state index in [4.69, 9.17) is 0 Å². The van der Waals surface area contributed by atoms with Crippen molar-refractivity contribution in [2.45, 2.75) is 6.42 Å². The molecule has 2 aromatic rings. The number of hydrogen-bond donors (Lipinski definition) is 2. The van der Waals surface area contributed by atoms with Crippen molar-refractivity contribution in [2.24, 2.45) is 0 Å². The number of hydrogen-bond acceptors (Lipinski definition) is 5. The van der Waals surface area contributed by atoms with Gasteiger partial charge in [-0.3, -0.25) is 4.79 Å². The molecule has 2 rings (SSSR count). The van der Waals surface area contributed by atoms with Crippen LogP contribution in [0.1, 0.15) is 6.42 Å². The van der Waals surface area contributed by atoms with E-state index in [1.807, 2.05) is 18.2 Å². The van der Waals surface area contributed by atoms with Crippen molar-refractivity contribution < 1.29 is 14.6 Å². The molecule has 5 nitrogen and oxygen atoms in total. The largest absolute Gasteiger partial charge is 0.511 e. The third kappa shape index (κ3) is 3.54. The average molecular weight is 292 g/mol. The summed E-state index contributed by atoms with van der Waals surface area (Å²) in [6.45, 7) is 3.73. The molecule has 0 aliphatic carbocycles. The Morgan fingerprint density at radius 1 is 1.55 bits per heavy atom. The molecule has 0 aliphatic rings. The minimum Gasteiger partial charge on any atom is -0.511 e. The van der Waals surface area contributed by atoms with E-state index in [1.165, 1.54) is 18.9 Å². The number of imidazole rings is 1. The molecule has 0 fully saturated rings. The van der Waals surface area contributed by atoms with E-state index in [0.717, 1.165) is 16.3 Å². The Morgan fingerprint density at radius 3 is 3.10 bits per heavy atom. The molecule has 0 unspecified atom stereocenters. The number of H-pyrrole nitrogens is 1. The van der Waals surface area contributed by atoms with Crippen LogP contribution in [-0.4, -0.2) is 39.7 Å². The molecule has 2 N–H and O–H groups in total. The first-order valence-corrected chi connectivity index (χ1v) is 7.27. The van der Waals surface area contributed by atoms with Crippen LogP contribution in [0, 0.1) is 0 Å². The number of nitrogens with zero attached hydrogens (tertiary/aromatic N) is 1. The van der Waals surface area contributed by atoms with Crippen LogP contribution in [-0.2, 0) is 9.53 Å². The standard InChI is InChI=1S/C14H16N2O3S/c1-9-15-11-4-3-10(7-12(11)16-9)13(17)8-20-6-5-14(18)19-2/h3-4,7,16-17H,1,5-6,8H2,2H3/b13-10-. The van der Waals surface area contributed by atoms with Crippen LogP contribution in [0.4, 0.5) is 0 Å². The number of ether oxygens (including phenoxy) is 1. The van der Waals surface area contributed by atoms with E-state index in [0.29, 0.717) is 23.4 Å². The Labute approximate surface area is 120 Å². The number of aliphatic hydroxyl groups is 1. The lowest BCUT2D eigenvalue weighted by Crippen LogP contribution is -2.08. The highest BCUT2D eigenvalue weighted by molar-refractivity contribution is 7.99. The fourth-order valence-electron chi connectivity index (χ4n) is 1.75. The summed E-state index contributed by atoms with van der Waals surface area (Å²) in [5.41, 5.74) is 2.27. The number of aromatic nitrogens is 2. The van der Waals surface area contributed by atoms with Gasteiger partial charge >= 0.3 is 5.97 Å². The van der Waals surface area contributed by atoms with Gasteiger partial charge in [-0.1, -0.05) is 6.58 Å². The van der Waals surface area contributed by atoms with E-state index in [9.17, 15) is 9.90 Å². The summed E-state index contributed by atoms with van der Waals surface area (Å²) in [7, 11) is 1.37. The fraction of sp³-hybridized carbons (Fsp3) is 0.286. The van der Waals surface area contributed by atoms with Gasteiger partial charge in [0.1, 0.15) is 11.2 Å². The van der Waals surface area contributed by atoms with Crippen LogP contribution < -0.4 is 10.7 Å². The number of nitrogens with one attached hydrogen (secondary N) is 1. The summed E-state index contributed by atoms with van der Waals surface area (Å²) in [5.74, 6) is 1.11. The predicted molar refractivity (Wildman–Crippen MR) is 80.9 cm³/mol. The molecule has 106 valence electrons. The molecule has 6 heteroatoms. The number of carbonyl (C=O) groups is 1. The molecule has 20 heavy (non-hydrogen) atoms. The number of methoxy groups -OCH3 is 1. The van der Waals surface area contributed by atoms with Gasteiger partial charge in [0.25, 0.3) is 0 Å². The van der Waals surface area contributed by atoms with Crippen molar-refractivity contribution in [3.05, 3.63) is 28.9 Å². The predicted octanol–water partition coefficient (Wildman–Crippen LogP) is 0.936. The summed E-state index contributed by atoms with van der Waals surface area (Å²) >= 11 is 1.48. The molecular weight excluding hydrogens is 276 g/mol. The van der Waals surface area contributed by atoms with E-state index < -0.39 is 0 Å². The first-order valence-electron chi connectivity index (χ1n) is 6.11. The zero-order valence-corrected chi connectivity index (χ0v) is 12.0. The second-order valence-corrected chi connectivity index (χ2v) is 5.35. The number of rotatable bonds is 5. The smallest absolute Gasteiger partial charge is 0.306 e. The lowest BCUT2D eigenvalue weighted by Gasteiger charge is -2.01. The number of fused-ring (bicyclic) bond motifs is 1. The van der Waals surface area contributed by atoms with Crippen molar-refractivity contribution in [1.29, 1.82) is 0 Å². The highest BCUT2D eigenvalue weighted by atomic mass is 32.2. The second-order valence-electron chi connectivity index (χ2n) is 4.24. The van der Waals surface area contributed by atoms with Gasteiger partial charge in [0.15, 0.2) is 0 Å².